The van der Waals surface area contributed by atoms with Gasteiger partial charge in [0.05, 0.1) is 26.4 Å². The molecule has 2 heterocycles. The van der Waals surface area contributed by atoms with Gasteiger partial charge in [0.1, 0.15) is 24.9 Å². The van der Waals surface area contributed by atoms with Gasteiger partial charge in [-0.2, -0.15) is 0 Å². The maximum Gasteiger partial charge on any atom is 0.224 e. The summed E-state index contributed by atoms with van der Waals surface area (Å²) in [6.45, 7) is 16.5. The molecule has 0 saturated carbocycles. The molecule has 0 aromatic rings. The summed E-state index contributed by atoms with van der Waals surface area (Å²) in [5.41, 5.74) is 0. The van der Waals surface area contributed by atoms with Crippen LogP contribution in [-0.4, -0.2) is 62.9 Å². The molecular formula is C18H28O6. The zero-order valence-electron chi connectivity index (χ0n) is 14.6. The van der Waals surface area contributed by atoms with Crippen LogP contribution in [0.1, 0.15) is 13.8 Å². The molecule has 0 N–H and O–H groups in total. The second kappa shape index (κ2) is 8.38. The molecule has 1 spiro atoms. The average Bonchev–Trinajstić information content (AvgIpc) is 3.00. The minimum absolute atomic E-state index is 0.258. The fourth-order valence-electron chi connectivity index (χ4n) is 2.95. The molecule has 2 fully saturated rings. The van der Waals surface area contributed by atoms with Crippen LogP contribution in [0.25, 0.3) is 0 Å². The van der Waals surface area contributed by atoms with E-state index in [-0.39, 0.29) is 18.8 Å². The van der Waals surface area contributed by atoms with Gasteiger partial charge >= 0.3 is 0 Å². The number of hydrogen-bond donors (Lipinski definition) is 0. The summed E-state index contributed by atoms with van der Waals surface area (Å²) in [5.74, 6) is -1.78. The van der Waals surface area contributed by atoms with Crippen LogP contribution >= 0.6 is 0 Å². The van der Waals surface area contributed by atoms with Gasteiger partial charge in [0.25, 0.3) is 0 Å². The van der Waals surface area contributed by atoms with Crippen LogP contribution in [0.4, 0.5) is 0 Å². The lowest BCUT2D eigenvalue weighted by atomic mass is 10.1. The highest BCUT2D eigenvalue weighted by atomic mass is 16.9. The molecule has 2 saturated heterocycles. The molecule has 2 rings (SSSR count). The Kier molecular flexibility index (Phi) is 6.74. The molecule has 4 atom stereocenters. The Labute approximate surface area is 144 Å². The van der Waals surface area contributed by atoms with Gasteiger partial charge in [-0.25, -0.2) is 0 Å². The van der Waals surface area contributed by atoms with Crippen molar-refractivity contribution >= 4 is 0 Å². The van der Waals surface area contributed by atoms with Crippen LogP contribution in [0.5, 0.6) is 0 Å². The van der Waals surface area contributed by atoms with E-state index < -0.39 is 17.7 Å². The SMILES string of the molecule is C=CCOC[C@H]1O[C@]2(COC(C)(C)O2)[C@@H](OCC=C)[C@@H]1OCC=C. The molecule has 0 unspecified atom stereocenters. The van der Waals surface area contributed by atoms with Crippen molar-refractivity contribution in [3.63, 3.8) is 0 Å². The highest BCUT2D eigenvalue weighted by molar-refractivity contribution is 5.02. The van der Waals surface area contributed by atoms with E-state index in [1.807, 2.05) is 13.8 Å². The highest BCUT2D eigenvalue weighted by Crippen LogP contribution is 2.44. The number of hydrogen-bond acceptors (Lipinski definition) is 6. The van der Waals surface area contributed by atoms with E-state index in [1.165, 1.54) is 0 Å². The quantitative estimate of drug-likeness (QED) is 0.449. The predicted octanol–water partition coefficient (Wildman–Crippen LogP) is 2.21. The summed E-state index contributed by atoms with van der Waals surface area (Å²) in [5, 5.41) is 0. The van der Waals surface area contributed by atoms with E-state index in [0.29, 0.717) is 26.4 Å². The summed E-state index contributed by atoms with van der Waals surface area (Å²) < 4.78 is 35.4. The lowest BCUT2D eigenvalue weighted by molar-refractivity contribution is -0.275. The minimum Gasteiger partial charge on any atom is -0.375 e. The van der Waals surface area contributed by atoms with Crippen LogP contribution < -0.4 is 0 Å². The van der Waals surface area contributed by atoms with Crippen LogP contribution in [0.2, 0.25) is 0 Å². The summed E-state index contributed by atoms with van der Waals surface area (Å²) >= 11 is 0. The molecule has 2 aliphatic rings. The maximum absolute atomic E-state index is 6.19. The van der Waals surface area contributed by atoms with Crippen molar-refractivity contribution in [3.8, 4) is 0 Å². The minimum atomic E-state index is -1.03. The van der Waals surface area contributed by atoms with Gasteiger partial charge in [0.15, 0.2) is 5.79 Å². The van der Waals surface area contributed by atoms with Crippen molar-refractivity contribution in [3.05, 3.63) is 38.0 Å². The Morgan fingerprint density at radius 2 is 1.71 bits per heavy atom. The van der Waals surface area contributed by atoms with Crippen LogP contribution in [-0.2, 0) is 28.4 Å². The van der Waals surface area contributed by atoms with Gasteiger partial charge in [-0.15, -0.1) is 19.7 Å². The van der Waals surface area contributed by atoms with Crippen molar-refractivity contribution in [2.24, 2.45) is 0 Å². The second-order valence-electron chi connectivity index (χ2n) is 6.21. The van der Waals surface area contributed by atoms with Gasteiger partial charge < -0.3 is 28.4 Å². The largest absolute Gasteiger partial charge is 0.375 e. The third kappa shape index (κ3) is 4.33. The molecule has 6 nitrogen and oxygen atoms in total. The van der Waals surface area contributed by atoms with E-state index in [4.69, 9.17) is 28.4 Å². The van der Waals surface area contributed by atoms with Crippen LogP contribution in [0, 0.1) is 0 Å². The lowest BCUT2D eigenvalue weighted by Gasteiger charge is -2.30. The summed E-state index contributed by atoms with van der Waals surface area (Å²) in [6, 6.07) is 0. The van der Waals surface area contributed by atoms with Crippen molar-refractivity contribution in [1.29, 1.82) is 0 Å². The van der Waals surface area contributed by atoms with Crippen LogP contribution in [0.3, 0.4) is 0 Å². The van der Waals surface area contributed by atoms with E-state index in [2.05, 4.69) is 19.7 Å². The molecule has 6 heteroatoms. The topological polar surface area (TPSA) is 55.4 Å². The van der Waals surface area contributed by atoms with Crippen molar-refractivity contribution in [2.75, 3.05) is 33.0 Å². The standard InChI is InChI=1S/C18H28O6/c1-6-9-19-12-14-15(20-10-7-2)16(21-11-8-3)18(23-14)13-22-17(4,5)24-18/h6-8,14-16H,1-3,9-13H2,4-5H3/t14-,15-,16+,18+/m1/s1. The average molecular weight is 340 g/mol. The Morgan fingerprint density at radius 3 is 2.29 bits per heavy atom. The molecule has 0 aromatic carbocycles. The fraction of sp³-hybridized carbons (Fsp3) is 0.667. The van der Waals surface area contributed by atoms with E-state index in [0.717, 1.165) is 0 Å². The van der Waals surface area contributed by atoms with Gasteiger partial charge in [-0.3, -0.25) is 0 Å². The molecule has 0 amide bonds. The zero-order valence-corrected chi connectivity index (χ0v) is 14.6. The molecule has 136 valence electrons. The molecule has 2 aliphatic heterocycles. The molecular weight excluding hydrogens is 312 g/mol. The Balaban J connectivity index is 2.20. The third-order valence-corrected chi connectivity index (χ3v) is 3.81. The van der Waals surface area contributed by atoms with Crippen molar-refractivity contribution in [1.82, 2.24) is 0 Å². The first-order valence-electron chi connectivity index (χ1n) is 8.13. The summed E-state index contributed by atoms with van der Waals surface area (Å²) in [6.07, 6.45) is 3.87. The zero-order chi connectivity index (χ0) is 17.6. The van der Waals surface area contributed by atoms with Gasteiger partial charge in [-0.05, 0) is 13.8 Å². The van der Waals surface area contributed by atoms with E-state index >= 15 is 0 Å². The first-order valence-corrected chi connectivity index (χ1v) is 8.13. The van der Waals surface area contributed by atoms with Crippen molar-refractivity contribution in [2.45, 2.75) is 43.7 Å². The predicted molar refractivity (Wildman–Crippen MR) is 89.6 cm³/mol. The Hall–Kier alpha value is -1.02. The maximum atomic E-state index is 6.19. The second-order valence-corrected chi connectivity index (χ2v) is 6.21. The molecule has 24 heavy (non-hydrogen) atoms. The molecule has 0 bridgehead atoms. The molecule has 0 radical (unpaired) electrons. The normalized spacial score (nSPS) is 34.5. The smallest absolute Gasteiger partial charge is 0.224 e. The van der Waals surface area contributed by atoms with E-state index in [9.17, 15) is 0 Å². The van der Waals surface area contributed by atoms with Gasteiger partial charge in [-0.1, -0.05) is 18.2 Å². The Morgan fingerprint density at radius 1 is 1.04 bits per heavy atom. The fourth-order valence-corrected chi connectivity index (χ4v) is 2.95. The third-order valence-electron chi connectivity index (χ3n) is 3.81. The van der Waals surface area contributed by atoms with Gasteiger partial charge in [0, 0.05) is 0 Å². The summed E-state index contributed by atoms with van der Waals surface area (Å²) in [4.78, 5) is 0. The molecule has 0 aromatic heterocycles. The van der Waals surface area contributed by atoms with Crippen molar-refractivity contribution < 1.29 is 28.4 Å². The van der Waals surface area contributed by atoms with E-state index in [1.54, 1.807) is 18.2 Å². The Bertz CT molecular complexity index is 449. The monoisotopic (exact) mass is 340 g/mol. The first kappa shape index (κ1) is 19.3. The molecule has 0 aliphatic carbocycles. The van der Waals surface area contributed by atoms with Gasteiger partial charge in [0.2, 0.25) is 5.79 Å². The summed E-state index contributed by atoms with van der Waals surface area (Å²) in [7, 11) is 0. The highest BCUT2D eigenvalue weighted by Gasteiger charge is 2.63. The number of rotatable bonds is 10. The number of ether oxygens (including phenoxy) is 6. The lowest BCUT2D eigenvalue weighted by Crippen LogP contribution is -2.49. The van der Waals surface area contributed by atoms with Crippen LogP contribution in [0.15, 0.2) is 38.0 Å². The first-order chi connectivity index (χ1) is 11.5.